The van der Waals surface area contributed by atoms with Gasteiger partial charge in [-0.25, -0.2) is 9.78 Å². The van der Waals surface area contributed by atoms with Crippen LogP contribution in [0.2, 0.25) is 0 Å². The molecule has 0 bridgehead atoms. The van der Waals surface area contributed by atoms with Gasteiger partial charge in [0, 0.05) is 6.92 Å². The number of rotatable bonds is 0. The van der Waals surface area contributed by atoms with Gasteiger partial charge >= 0.3 is 5.63 Å². The Balaban J connectivity index is 3.02. The van der Waals surface area contributed by atoms with Gasteiger partial charge in [0.05, 0.1) is 5.52 Å². The summed E-state index contributed by atoms with van der Waals surface area (Å²) in [4.78, 5) is 15.1. The largest absolute Gasteiger partial charge is 0.408 e. The van der Waals surface area contributed by atoms with Crippen LogP contribution < -0.4 is 5.63 Å². The van der Waals surface area contributed by atoms with Crippen LogP contribution in [0.5, 0.6) is 0 Å². The first-order chi connectivity index (χ1) is 5.27. The summed E-state index contributed by atoms with van der Waals surface area (Å²) in [5, 5.41) is 1.83. The summed E-state index contributed by atoms with van der Waals surface area (Å²) in [6, 6.07) is 1.81. The Morgan fingerprint density at radius 3 is 3.27 bits per heavy atom. The van der Waals surface area contributed by atoms with Gasteiger partial charge in [-0.3, -0.25) is 0 Å². The van der Waals surface area contributed by atoms with E-state index >= 15 is 0 Å². The van der Waals surface area contributed by atoms with Crippen LogP contribution in [0, 0.1) is 6.92 Å². The molecule has 0 aliphatic heterocycles. The third-order valence-corrected chi connectivity index (χ3v) is 2.23. The molecule has 2 heterocycles. The third-order valence-electron chi connectivity index (χ3n) is 1.35. The summed E-state index contributed by atoms with van der Waals surface area (Å²) in [5.74, 6) is 0.418. The lowest BCUT2D eigenvalue weighted by molar-refractivity contribution is 0.468. The number of nitrogens with zero attached hydrogens (tertiary/aromatic N) is 1. The predicted octanol–water partition coefficient (Wildman–Crippen LogP) is 1.56. The quantitative estimate of drug-likeness (QED) is 0.598. The molecular weight excluding hydrogens is 162 g/mol. The summed E-state index contributed by atoms with van der Waals surface area (Å²) >= 11 is 1.35. The SMILES string of the molecule is Cc1nc2ccsc2c(=O)o1. The van der Waals surface area contributed by atoms with E-state index in [0.717, 1.165) is 5.52 Å². The number of thiophene rings is 1. The normalized spacial score (nSPS) is 10.6. The lowest BCUT2D eigenvalue weighted by Crippen LogP contribution is -1.99. The van der Waals surface area contributed by atoms with Crippen LogP contribution in [-0.2, 0) is 0 Å². The fourth-order valence-electron chi connectivity index (χ4n) is 0.916. The Hall–Kier alpha value is -1.16. The molecule has 0 N–H and O–H groups in total. The summed E-state index contributed by atoms with van der Waals surface area (Å²) in [6.45, 7) is 1.67. The standard InChI is InChI=1S/C7H5NO2S/c1-4-8-5-2-3-11-6(5)7(9)10-4/h2-3H,1H3. The van der Waals surface area contributed by atoms with Crippen molar-refractivity contribution in [3.63, 3.8) is 0 Å². The zero-order valence-corrected chi connectivity index (χ0v) is 6.64. The van der Waals surface area contributed by atoms with Gasteiger partial charge in [0.1, 0.15) is 4.70 Å². The predicted molar refractivity (Wildman–Crippen MR) is 42.9 cm³/mol. The second-order valence-corrected chi connectivity index (χ2v) is 3.07. The van der Waals surface area contributed by atoms with Gasteiger partial charge in [0.15, 0.2) is 5.89 Å². The smallest absolute Gasteiger partial charge is 0.357 e. The van der Waals surface area contributed by atoms with E-state index in [4.69, 9.17) is 4.42 Å². The van der Waals surface area contributed by atoms with E-state index in [2.05, 4.69) is 4.98 Å². The number of fused-ring (bicyclic) bond motifs is 1. The molecule has 2 aromatic heterocycles. The van der Waals surface area contributed by atoms with Gasteiger partial charge in [-0.05, 0) is 11.4 Å². The van der Waals surface area contributed by atoms with Crippen LogP contribution in [-0.4, -0.2) is 4.98 Å². The second-order valence-electron chi connectivity index (χ2n) is 2.16. The highest BCUT2D eigenvalue weighted by Gasteiger charge is 2.02. The van der Waals surface area contributed by atoms with E-state index in [0.29, 0.717) is 10.6 Å². The molecule has 3 nitrogen and oxygen atoms in total. The Bertz CT molecular complexity index is 443. The van der Waals surface area contributed by atoms with Gasteiger partial charge in [-0.1, -0.05) is 0 Å². The van der Waals surface area contributed by atoms with E-state index in [1.165, 1.54) is 11.3 Å². The van der Waals surface area contributed by atoms with E-state index in [1.54, 1.807) is 6.92 Å². The van der Waals surface area contributed by atoms with Crippen molar-refractivity contribution in [3.8, 4) is 0 Å². The third kappa shape index (κ3) is 0.952. The number of aryl methyl sites for hydroxylation is 1. The van der Waals surface area contributed by atoms with Crippen molar-refractivity contribution in [2.45, 2.75) is 6.92 Å². The lowest BCUT2D eigenvalue weighted by Gasteiger charge is -1.88. The van der Waals surface area contributed by atoms with Crippen LogP contribution >= 0.6 is 11.3 Å². The van der Waals surface area contributed by atoms with Crippen LogP contribution in [0.1, 0.15) is 5.89 Å². The number of hydrogen-bond acceptors (Lipinski definition) is 4. The molecule has 0 spiro atoms. The monoisotopic (exact) mass is 167 g/mol. The number of hydrogen-bond donors (Lipinski definition) is 0. The molecule has 0 aromatic carbocycles. The fourth-order valence-corrected chi connectivity index (χ4v) is 1.62. The highest BCUT2D eigenvalue weighted by atomic mass is 32.1. The van der Waals surface area contributed by atoms with Gasteiger partial charge in [-0.2, -0.15) is 0 Å². The van der Waals surface area contributed by atoms with Gasteiger partial charge in [0.2, 0.25) is 0 Å². The second kappa shape index (κ2) is 2.17. The Kier molecular flexibility index (Phi) is 1.29. The van der Waals surface area contributed by atoms with E-state index in [-0.39, 0.29) is 5.63 Å². The highest BCUT2D eigenvalue weighted by Crippen LogP contribution is 2.13. The molecule has 0 aliphatic carbocycles. The minimum Gasteiger partial charge on any atom is -0.408 e. The molecule has 4 heteroatoms. The van der Waals surface area contributed by atoms with Crippen molar-refractivity contribution in [3.05, 3.63) is 27.8 Å². The maximum Gasteiger partial charge on any atom is 0.357 e. The average Bonchev–Trinajstić information content (AvgIpc) is 2.34. The fraction of sp³-hybridized carbons (Fsp3) is 0.143. The molecule has 0 atom stereocenters. The molecule has 0 fully saturated rings. The molecule has 2 aromatic rings. The van der Waals surface area contributed by atoms with Gasteiger partial charge < -0.3 is 4.42 Å². The molecule has 2 rings (SSSR count). The van der Waals surface area contributed by atoms with E-state index in [1.807, 2.05) is 11.4 Å². The minimum atomic E-state index is -0.289. The molecular formula is C7H5NO2S. The lowest BCUT2D eigenvalue weighted by atomic mass is 10.5. The first kappa shape index (κ1) is 6.54. The molecule has 11 heavy (non-hydrogen) atoms. The molecule has 56 valence electrons. The Labute approximate surface area is 66.3 Å². The zero-order valence-electron chi connectivity index (χ0n) is 5.83. The highest BCUT2D eigenvalue weighted by molar-refractivity contribution is 7.17. The topological polar surface area (TPSA) is 43.1 Å². The van der Waals surface area contributed by atoms with Crippen molar-refractivity contribution < 1.29 is 4.42 Å². The Morgan fingerprint density at radius 2 is 2.45 bits per heavy atom. The van der Waals surface area contributed by atoms with Crippen LogP contribution in [0.15, 0.2) is 20.7 Å². The van der Waals surface area contributed by atoms with Crippen LogP contribution in [0.4, 0.5) is 0 Å². The molecule has 0 unspecified atom stereocenters. The van der Waals surface area contributed by atoms with Crippen LogP contribution in [0.25, 0.3) is 10.2 Å². The molecule has 0 amide bonds. The summed E-state index contributed by atoms with van der Waals surface area (Å²) in [6.07, 6.45) is 0. The van der Waals surface area contributed by atoms with E-state index in [9.17, 15) is 4.79 Å². The summed E-state index contributed by atoms with van der Waals surface area (Å²) < 4.78 is 5.39. The summed E-state index contributed by atoms with van der Waals surface area (Å²) in [7, 11) is 0. The summed E-state index contributed by atoms with van der Waals surface area (Å²) in [5.41, 5.74) is 0.436. The first-order valence-corrected chi connectivity index (χ1v) is 4.00. The maximum absolute atomic E-state index is 11.1. The van der Waals surface area contributed by atoms with Crippen molar-refractivity contribution in [2.24, 2.45) is 0 Å². The Morgan fingerprint density at radius 1 is 1.64 bits per heavy atom. The first-order valence-electron chi connectivity index (χ1n) is 3.12. The van der Waals surface area contributed by atoms with Gasteiger partial charge in [-0.15, -0.1) is 11.3 Å². The minimum absolute atomic E-state index is 0.289. The van der Waals surface area contributed by atoms with Crippen LogP contribution in [0.3, 0.4) is 0 Å². The van der Waals surface area contributed by atoms with E-state index < -0.39 is 0 Å². The van der Waals surface area contributed by atoms with Gasteiger partial charge in [0.25, 0.3) is 0 Å². The molecule has 0 saturated heterocycles. The maximum atomic E-state index is 11.1. The van der Waals surface area contributed by atoms with Crippen molar-refractivity contribution in [1.29, 1.82) is 0 Å². The molecule has 0 radical (unpaired) electrons. The average molecular weight is 167 g/mol. The molecule has 0 aliphatic rings. The van der Waals surface area contributed by atoms with Crippen molar-refractivity contribution >= 4 is 21.6 Å². The molecule has 0 saturated carbocycles. The number of aromatic nitrogens is 1. The van der Waals surface area contributed by atoms with Crippen molar-refractivity contribution in [2.75, 3.05) is 0 Å². The van der Waals surface area contributed by atoms with Crippen molar-refractivity contribution in [1.82, 2.24) is 4.98 Å². The zero-order chi connectivity index (χ0) is 7.84.